The van der Waals surface area contributed by atoms with Gasteiger partial charge in [0, 0.05) is 26.7 Å². The Balaban J connectivity index is 2.33. The van der Waals surface area contributed by atoms with Crippen LogP contribution in [0.25, 0.3) is 0 Å². The molecule has 0 saturated carbocycles. The lowest BCUT2D eigenvalue weighted by molar-refractivity contribution is 0.175. The fraction of sp³-hybridized carbons (Fsp3) is 0.722. The van der Waals surface area contributed by atoms with E-state index in [0.717, 1.165) is 30.5 Å². The van der Waals surface area contributed by atoms with Crippen LogP contribution >= 0.6 is 0 Å². The maximum absolute atomic E-state index is 12.2. The minimum Gasteiger partial charge on any atom is -0.369 e. The van der Waals surface area contributed by atoms with E-state index in [0.29, 0.717) is 24.3 Å². The molecule has 1 aromatic heterocycles. The lowest BCUT2D eigenvalue weighted by atomic mass is 9.93. The monoisotopic (exact) mass is 347 g/mol. The van der Waals surface area contributed by atoms with Crippen LogP contribution in [0, 0.1) is 17.2 Å². The van der Waals surface area contributed by atoms with Gasteiger partial charge in [-0.25, -0.2) is 4.79 Å². The SMILES string of the molecule is CCC(CC)C(CNc1c(C#N)c(=O)n(C)c(=O)n1C)N1CCCC1. The molecule has 0 aromatic carbocycles. The van der Waals surface area contributed by atoms with Gasteiger partial charge < -0.3 is 5.32 Å². The van der Waals surface area contributed by atoms with E-state index < -0.39 is 11.2 Å². The number of nitriles is 1. The van der Waals surface area contributed by atoms with Crippen LogP contribution in [0.4, 0.5) is 5.82 Å². The third kappa shape index (κ3) is 3.79. The van der Waals surface area contributed by atoms with Crippen molar-refractivity contribution in [2.24, 2.45) is 20.0 Å². The maximum atomic E-state index is 12.2. The van der Waals surface area contributed by atoms with E-state index in [-0.39, 0.29) is 5.56 Å². The zero-order valence-electron chi connectivity index (χ0n) is 15.7. The van der Waals surface area contributed by atoms with Crippen LogP contribution in [0.2, 0.25) is 0 Å². The Kier molecular flexibility index (Phi) is 6.43. The molecule has 0 radical (unpaired) electrons. The standard InChI is InChI=1S/C18H29N5O2/c1-5-13(6-2)15(23-9-7-8-10-23)12-20-16-14(11-19)17(24)22(4)18(25)21(16)3/h13,15,20H,5-10,12H2,1-4H3. The lowest BCUT2D eigenvalue weighted by Crippen LogP contribution is -2.45. The second-order valence-corrected chi connectivity index (χ2v) is 6.81. The topological polar surface area (TPSA) is 83.1 Å². The van der Waals surface area contributed by atoms with Gasteiger partial charge in [0.1, 0.15) is 11.9 Å². The van der Waals surface area contributed by atoms with E-state index >= 15 is 0 Å². The number of anilines is 1. The zero-order chi connectivity index (χ0) is 18.6. The van der Waals surface area contributed by atoms with Gasteiger partial charge >= 0.3 is 5.69 Å². The average molecular weight is 347 g/mol. The van der Waals surface area contributed by atoms with Gasteiger partial charge in [-0.1, -0.05) is 26.7 Å². The number of likely N-dealkylation sites (tertiary alicyclic amines) is 1. The van der Waals surface area contributed by atoms with Crippen LogP contribution in [0.15, 0.2) is 9.59 Å². The highest BCUT2D eigenvalue weighted by molar-refractivity contribution is 5.51. The molecule has 1 aliphatic rings. The first-order valence-corrected chi connectivity index (χ1v) is 9.14. The van der Waals surface area contributed by atoms with Crippen molar-refractivity contribution < 1.29 is 0 Å². The normalized spacial score (nSPS) is 16.2. The Bertz CT molecular complexity index is 746. The minimum atomic E-state index is -0.548. The summed E-state index contributed by atoms with van der Waals surface area (Å²) in [6, 6.07) is 2.29. The molecule has 1 N–H and O–H groups in total. The highest BCUT2D eigenvalue weighted by atomic mass is 16.2. The third-order valence-electron chi connectivity index (χ3n) is 5.46. The van der Waals surface area contributed by atoms with Gasteiger partial charge in [-0.3, -0.25) is 18.8 Å². The Morgan fingerprint density at radius 3 is 2.24 bits per heavy atom. The van der Waals surface area contributed by atoms with Crippen molar-refractivity contribution >= 4 is 5.82 Å². The van der Waals surface area contributed by atoms with Crippen LogP contribution in [0.1, 0.15) is 45.1 Å². The summed E-state index contributed by atoms with van der Waals surface area (Å²) in [5.41, 5.74) is -0.977. The Morgan fingerprint density at radius 2 is 1.72 bits per heavy atom. The Hall–Kier alpha value is -2.07. The van der Waals surface area contributed by atoms with E-state index in [2.05, 4.69) is 24.1 Å². The smallest absolute Gasteiger partial charge is 0.332 e. The summed E-state index contributed by atoms with van der Waals surface area (Å²) in [6.45, 7) is 7.20. The molecule has 25 heavy (non-hydrogen) atoms. The van der Waals surface area contributed by atoms with Crippen LogP contribution in [-0.2, 0) is 14.1 Å². The largest absolute Gasteiger partial charge is 0.369 e. The lowest BCUT2D eigenvalue weighted by Gasteiger charge is -2.34. The van der Waals surface area contributed by atoms with Crippen molar-refractivity contribution in [3.63, 3.8) is 0 Å². The van der Waals surface area contributed by atoms with Gasteiger partial charge in [-0.2, -0.15) is 5.26 Å². The second-order valence-electron chi connectivity index (χ2n) is 6.81. The van der Waals surface area contributed by atoms with Crippen LogP contribution in [-0.4, -0.2) is 39.7 Å². The molecule has 7 heteroatoms. The fourth-order valence-corrected chi connectivity index (χ4v) is 3.85. The number of hydrogen-bond donors (Lipinski definition) is 1. The van der Waals surface area contributed by atoms with Crippen molar-refractivity contribution in [3.8, 4) is 6.07 Å². The van der Waals surface area contributed by atoms with Gasteiger partial charge in [0.05, 0.1) is 0 Å². The first-order valence-electron chi connectivity index (χ1n) is 9.14. The molecule has 1 saturated heterocycles. The molecule has 2 heterocycles. The molecule has 2 rings (SSSR count). The van der Waals surface area contributed by atoms with Gasteiger partial charge in [0.25, 0.3) is 5.56 Å². The van der Waals surface area contributed by atoms with E-state index in [4.69, 9.17) is 0 Å². The van der Waals surface area contributed by atoms with Crippen molar-refractivity contribution in [2.45, 2.75) is 45.6 Å². The summed E-state index contributed by atoms with van der Waals surface area (Å²) in [4.78, 5) is 26.9. The first kappa shape index (κ1) is 19.3. The zero-order valence-corrected chi connectivity index (χ0v) is 15.7. The predicted molar refractivity (Wildman–Crippen MR) is 98.8 cm³/mol. The van der Waals surface area contributed by atoms with E-state index in [1.54, 1.807) is 7.05 Å². The fourth-order valence-electron chi connectivity index (χ4n) is 3.85. The highest BCUT2D eigenvalue weighted by Crippen LogP contribution is 2.23. The Labute approximate surface area is 148 Å². The Morgan fingerprint density at radius 1 is 1.12 bits per heavy atom. The molecular formula is C18H29N5O2. The van der Waals surface area contributed by atoms with E-state index in [9.17, 15) is 14.9 Å². The molecule has 0 aliphatic carbocycles. The summed E-state index contributed by atoms with van der Waals surface area (Å²) in [5.74, 6) is 0.866. The van der Waals surface area contributed by atoms with Crippen LogP contribution < -0.4 is 16.6 Å². The van der Waals surface area contributed by atoms with E-state index in [1.165, 1.54) is 24.5 Å². The summed E-state index contributed by atoms with van der Waals surface area (Å²) in [6.07, 6.45) is 4.59. The number of aromatic nitrogens is 2. The van der Waals surface area contributed by atoms with Gasteiger partial charge in [0.2, 0.25) is 0 Å². The van der Waals surface area contributed by atoms with Gasteiger partial charge in [-0.05, 0) is 31.8 Å². The number of rotatable bonds is 7. The predicted octanol–water partition coefficient (Wildman–Crippen LogP) is 1.27. The first-order chi connectivity index (χ1) is 12.0. The average Bonchev–Trinajstić information content (AvgIpc) is 3.15. The maximum Gasteiger partial charge on any atom is 0.332 e. The molecule has 1 aliphatic heterocycles. The van der Waals surface area contributed by atoms with Crippen molar-refractivity contribution in [2.75, 3.05) is 25.0 Å². The van der Waals surface area contributed by atoms with Crippen molar-refractivity contribution in [1.29, 1.82) is 5.26 Å². The second kappa shape index (κ2) is 8.34. The molecule has 1 aromatic rings. The van der Waals surface area contributed by atoms with Crippen LogP contribution in [0.3, 0.4) is 0 Å². The molecule has 0 spiro atoms. The summed E-state index contributed by atoms with van der Waals surface area (Å²) >= 11 is 0. The van der Waals surface area contributed by atoms with Crippen LogP contribution in [0.5, 0.6) is 0 Å². The highest BCUT2D eigenvalue weighted by Gasteiger charge is 2.28. The molecule has 0 amide bonds. The quantitative estimate of drug-likeness (QED) is 0.803. The third-order valence-corrected chi connectivity index (χ3v) is 5.46. The van der Waals surface area contributed by atoms with Crippen molar-refractivity contribution in [1.82, 2.24) is 14.0 Å². The minimum absolute atomic E-state index is 0.00526. The summed E-state index contributed by atoms with van der Waals surface area (Å²) in [5, 5.41) is 12.6. The van der Waals surface area contributed by atoms with Crippen molar-refractivity contribution in [3.05, 3.63) is 26.4 Å². The van der Waals surface area contributed by atoms with Gasteiger partial charge in [-0.15, -0.1) is 0 Å². The molecule has 1 unspecified atom stereocenters. The molecule has 7 nitrogen and oxygen atoms in total. The molecule has 138 valence electrons. The summed E-state index contributed by atoms with van der Waals surface area (Å²) in [7, 11) is 2.99. The van der Waals surface area contributed by atoms with E-state index in [1.807, 2.05) is 6.07 Å². The molecular weight excluding hydrogens is 318 g/mol. The number of nitrogens with zero attached hydrogens (tertiary/aromatic N) is 4. The summed E-state index contributed by atoms with van der Waals surface area (Å²) < 4.78 is 2.33. The molecule has 0 bridgehead atoms. The molecule has 1 fully saturated rings. The number of nitrogens with one attached hydrogen (secondary N) is 1. The van der Waals surface area contributed by atoms with Gasteiger partial charge in [0.15, 0.2) is 5.56 Å². The number of hydrogen-bond acceptors (Lipinski definition) is 5. The molecule has 1 atom stereocenters.